The lowest BCUT2D eigenvalue weighted by Gasteiger charge is -2.36. The van der Waals surface area contributed by atoms with Gasteiger partial charge in [0.2, 0.25) is 0 Å². The minimum Gasteiger partial charge on any atom is -0.367 e. The zero-order valence-corrected chi connectivity index (χ0v) is 9.82. The van der Waals surface area contributed by atoms with Crippen LogP contribution in [0.2, 0.25) is 0 Å². The summed E-state index contributed by atoms with van der Waals surface area (Å²) in [5.41, 5.74) is 2.78. The summed E-state index contributed by atoms with van der Waals surface area (Å²) >= 11 is 0. The Morgan fingerprint density at radius 2 is 2.25 bits per heavy atom. The predicted octanol–water partition coefficient (Wildman–Crippen LogP) is 3.13. The largest absolute Gasteiger partial charge is 0.367 e. The van der Waals surface area contributed by atoms with Crippen molar-refractivity contribution in [2.45, 2.75) is 38.6 Å². The maximum atomic E-state index is 8.87. The molecule has 0 aliphatic carbocycles. The van der Waals surface area contributed by atoms with Crippen molar-refractivity contribution in [2.24, 2.45) is 0 Å². The Bertz CT molecular complexity index is 392. The Hall–Kier alpha value is -1.49. The van der Waals surface area contributed by atoms with Crippen LogP contribution in [0.5, 0.6) is 0 Å². The molecule has 2 rings (SSSR count). The molecule has 1 aromatic carbocycles. The van der Waals surface area contributed by atoms with E-state index in [0.717, 1.165) is 13.0 Å². The van der Waals surface area contributed by atoms with Crippen molar-refractivity contribution < 1.29 is 0 Å². The van der Waals surface area contributed by atoms with Gasteiger partial charge in [0.05, 0.1) is 12.5 Å². The van der Waals surface area contributed by atoms with E-state index < -0.39 is 0 Å². The van der Waals surface area contributed by atoms with E-state index >= 15 is 0 Å². The van der Waals surface area contributed by atoms with Crippen LogP contribution in [-0.2, 0) is 6.42 Å². The van der Waals surface area contributed by atoms with E-state index in [-0.39, 0.29) is 0 Å². The van der Waals surface area contributed by atoms with E-state index in [1.165, 1.54) is 24.1 Å². The second-order valence-corrected chi connectivity index (χ2v) is 4.35. The molecule has 2 nitrogen and oxygen atoms in total. The van der Waals surface area contributed by atoms with Crippen LogP contribution in [-0.4, -0.2) is 12.6 Å². The number of nitriles is 1. The quantitative estimate of drug-likeness (QED) is 0.773. The van der Waals surface area contributed by atoms with Crippen LogP contribution in [0.4, 0.5) is 5.69 Å². The summed E-state index contributed by atoms with van der Waals surface area (Å²) in [6.45, 7) is 3.26. The summed E-state index contributed by atoms with van der Waals surface area (Å²) < 4.78 is 0. The van der Waals surface area contributed by atoms with Crippen molar-refractivity contribution in [3.63, 3.8) is 0 Å². The average molecular weight is 214 g/mol. The van der Waals surface area contributed by atoms with Gasteiger partial charge in [0.25, 0.3) is 0 Å². The average Bonchev–Trinajstić information content (AvgIpc) is 2.35. The van der Waals surface area contributed by atoms with Crippen molar-refractivity contribution in [1.82, 2.24) is 0 Å². The lowest BCUT2D eigenvalue weighted by atomic mass is 9.98. The van der Waals surface area contributed by atoms with E-state index in [1.807, 2.05) is 0 Å². The van der Waals surface area contributed by atoms with E-state index in [1.54, 1.807) is 0 Å². The molecule has 0 aromatic heterocycles. The number of nitrogens with zero attached hydrogens (tertiary/aromatic N) is 2. The molecule has 2 heteroatoms. The number of benzene rings is 1. The summed E-state index contributed by atoms with van der Waals surface area (Å²) in [6.07, 6.45) is 4.06. The van der Waals surface area contributed by atoms with Crippen LogP contribution in [0.15, 0.2) is 24.3 Å². The zero-order chi connectivity index (χ0) is 11.4. The van der Waals surface area contributed by atoms with Gasteiger partial charge in [0, 0.05) is 18.3 Å². The van der Waals surface area contributed by atoms with Crippen molar-refractivity contribution in [3.05, 3.63) is 29.8 Å². The Balaban J connectivity index is 2.27. The SMILES string of the molecule is CCC(CC#N)N1CCCc2ccccc21. The molecule has 0 spiro atoms. The highest BCUT2D eigenvalue weighted by Gasteiger charge is 2.22. The summed E-state index contributed by atoms with van der Waals surface area (Å²) in [6, 6.07) is 11.3. The van der Waals surface area contributed by atoms with Crippen LogP contribution < -0.4 is 4.90 Å². The summed E-state index contributed by atoms with van der Waals surface area (Å²) in [4.78, 5) is 2.42. The van der Waals surface area contributed by atoms with Gasteiger partial charge < -0.3 is 4.90 Å². The minimum absolute atomic E-state index is 0.381. The number of anilines is 1. The van der Waals surface area contributed by atoms with E-state index in [0.29, 0.717) is 12.5 Å². The fraction of sp³-hybridized carbons (Fsp3) is 0.500. The molecule has 1 aliphatic heterocycles. The lowest BCUT2D eigenvalue weighted by molar-refractivity contribution is 0.553. The Kier molecular flexibility index (Phi) is 3.46. The highest BCUT2D eigenvalue weighted by molar-refractivity contribution is 5.56. The van der Waals surface area contributed by atoms with Crippen molar-refractivity contribution in [3.8, 4) is 6.07 Å². The standard InChI is InChI=1S/C14H18N2/c1-2-13(9-10-15)16-11-5-7-12-6-3-4-8-14(12)16/h3-4,6,8,13H,2,5,7,9,11H2,1H3. The molecule has 16 heavy (non-hydrogen) atoms. The van der Waals surface area contributed by atoms with Gasteiger partial charge in [0.15, 0.2) is 0 Å². The molecule has 0 amide bonds. The maximum Gasteiger partial charge on any atom is 0.0643 e. The number of para-hydroxylation sites is 1. The van der Waals surface area contributed by atoms with Crippen molar-refractivity contribution in [2.75, 3.05) is 11.4 Å². The van der Waals surface area contributed by atoms with Gasteiger partial charge in [-0.15, -0.1) is 0 Å². The molecule has 0 bridgehead atoms. The fourth-order valence-corrected chi connectivity index (χ4v) is 2.52. The van der Waals surface area contributed by atoms with Gasteiger partial charge in [-0.3, -0.25) is 0 Å². The molecule has 0 radical (unpaired) electrons. The first-order valence-electron chi connectivity index (χ1n) is 6.08. The van der Waals surface area contributed by atoms with Crippen molar-refractivity contribution >= 4 is 5.69 Å². The van der Waals surface area contributed by atoms with Gasteiger partial charge in [-0.1, -0.05) is 25.1 Å². The van der Waals surface area contributed by atoms with Crippen molar-refractivity contribution in [1.29, 1.82) is 5.26 Å². The van der Waals surface area contributed by atoms with Gasteiger partial charge in [-0.25, -0.2) is 0 Å². The fourth-order valence-electron chi connectivity index (χ4n) is 2.52. The van der Waals surface area contributed by atoms with Gasteiger partial charge in [0.1, 0.15) is 0 Å². The number of fused-ring (bicyclic) bond motifs is 1. The van der Waals surface area contributed by atoms with E-state index in [4.69, 9.17) is 5.26 Å². The van der Waals surface area contributed by atoms with Gasteiger partial charge >= 0.3 is 0 Å². The number of hydrogen-bond donors (Lipinski definition) is 0. The summed E-state index contributed by atoms with van der Waals surface area (Å²) in [7, 11) is 0. The van der Waals surface area contributed by atoms with Crippen LogP contribution in [0.25, 0.3) is 0 Å². The highest BCUT2D eigenvalue weighted by Crippen LogP contribution is 2.29. The predicted molar refractivity (Wildman–Crippen MR) is 66.4 cm³/mol. The molecule has 0 fully saturated rings. The first-order chi connectivity index (χ1) is 7.86. The molecular formula is C14H18N2. The number of rotatable bonds is 3. The smallest absolute Gasteiger partial charge is 0.0643 e. The molecule has 0 saturated carbocycles. The van der Waals surface area contributed by atoms with Crippen LogP contribution >= 0.6 is 0 Å². The molecule has 1 atom stereocenters. The Labute approximate surface area is 97.5 Å². The third-order valence-corrected chi connectivity index (χ3v) is 3.39. The van der Waals surface area contributed by atoms with Gasteiger partial charge in [-0.05, 0) is 30.9 Å². The van der Waals surface area contributed by atoms with Crippen LogP contribution in [0, 0.1) is 11.3 Å². The number of aryl methyl sites for hydroxylation is 1. The third-order valence-electron chi connectivity index (χ3n) is 3.39. The molecule has 1 aliphatic rings. The summed E-state index contributed by atoms with van der Waals surface area (Å²) in [5.74, 6) is 0. The first kappa shape index (κ1) is 11.0. The monoisotopic (exact) mass is 214 g/mol. The Morgan fingerprint density at radius 3 is 3.00 bits per heavy atom. The maximum absolute atomic E-state index is 8.87. The second kappa shape index (κ2) is 5.03. The highest BCUT2D eigenvalue weighted by atomic mass is 15.2. The van der Waals surface area contributed by atoms with Crippen LogP contribution in [0.1, 0.15) is 31.7 Å². The molecule has 1 aromatic rings. The summed E-state index contributed by atoms with van der Waals surface area (Å²) in [5, 5.41) is 8.87. The molecule has 0 saturated heterocycles. The molecule has 84 valence electrons. The lowest BCUT2D eigenvalue weighted by Crippen LogP contribution is -2.38. The second-order valence-electron chi connectivity index (χ2n) is 4.35. The molecule has 1 heterocycles. The molecule has 1 unspecified atom stereocenters. The topological polar surface area (TPSA) is 27.0 Å². The van der Waals surface area contributed by atoms with Crippen LogP contribution in [0.3, 0.4) is 0 Å². The van der Waals surface area contributed by atoms with Gasteiger partial charge in [-0.2, -0.15) is 5.26 Å². The molecular weight excluding hydrogens is 196 g/mol. The molecule has 0 N–H and O–H groups in total. The minimum atomic E-state index is 0.381. The zero-order valence-electron chi connectivity index (χ0n) is 9.82. The Morgan fingerprint density at radius 1 is 1.44 bits per heavy atom. The van der Waals surface area contributed by atoms with E-state index in [9.17, 15) is 0 Å². The first-order valence-corrected chi connectivity index (χ1v) is 6.08. The number of hydrogen-bond acceptors (Lipinski definition) is 2. The normalized spacial score (nSPS) is 16.4. The third kappa shape index (κ3) is 2.04. The van der Waals surface area contributed by atoms with E-state index in [2.05, 4.69) is 42.2 Å².